The van der Waals surface area contributed by atoms with Crippen LogP contribution in [0.3, 0.4) is 0 Å². The fourth-order valence-electron chi connectivity index (χ4n) is 0.400. The Balaban J connectivity index is -0.000000177. The van der Waals surface area contributed by atoms with E-state index in [1.165, 1.54) is 0 Å². The van der Waals surface area contributed by atoms with Gasteiger partial charge >= 0.3 is 0 Å². The number of likely N-dealkylation sites (N-methyl/N-ethyl adjacent to an activating group) is 2. The number of hydrogen-bond donors (Lipinski definition) is 0. The van der Waals surface area contributed by atoms with Crippen molar-refractivity contribution in [3.63, 3.8) is 0 Å². The van der Waals surface area contributed by atoms with Gasteiger partial charge < -0.3 is 9.80 Å². The van der Waals surface area contributed by atoms with E-state index in [2.05, 4.69) is 65.6 Å². The molecule has 12 heavy (non-hydrogen) atoms. The molecule has 0 aliphatic heterocycles. The van der Waals surface area contributed by atoms with E-state index in [0.717, 1.165) is 13.1 Å². The molecule has 0 saturated carbocycles. The van der Waals surface area contributed by atoms with Crippen LogP contribution >= 0.6 is 23.7 Å². The van der Waals surface area contributed by atoms with E-state index in [1.54, 1.807) is 0 Å². The molecule has 0 aromatic rings. The van der Waals surface area contributed by atoms with Crippen molar-refractivity contribution in [3.8, 4) is 0 Å². The van der Waals surface area contributed by atoms with Crippen LogP contribution in [-0.2, 0) is 20.9 Å². The fourth-order valence-corrected chi connectivity index (χ4v) is 0.400. The fraction of sp³-hybridized carbons (Fsp3) is 1.00. The summed E-state index contributed by atoms with van der Waals surface area (Å²) in [6.45, 7) is 2.29. The van der Waals surface area contributed by atoms with Crippen LogP contribution in [-0.4, -0.2) is 51.1 Å². The molecule has 0 amide bonds. The van der Waals surface area contributed by atoms with E-state index in [9.17, 15) is 0 Å². The third-order valence-electron chi connectivity index (χ3n) is 0.994. The molecule has 0 aromatic heterocycles. The molecule has 0 atom stereocenters. The van der Waals surface area contributed by atoms with Crippen LogP contribution in [0.2, 0.25) is 0 Å². The summed E-state index contributed by atoms with van der Waals surface area (Å²) in [7, 11) is 8.35. The molecule has 0 fully saturated rings. The molecule has 3 nitrogen and oxygen atoms in total. The van der Waals surface area contributed by atoms with Crippen molar-refractivity contribution in [2.24, 2.45) is 0 Å². The average Bonchev–Trinajstić information content (AvgIpc) is 1.85. The van der Waals surface area contributed by atoms with Gasteiger partial charge in [-0.05, 0) is 28.2 Å². The predicted molar refractivity (Wildman–Crippen MR) is 49.9 cm³/mol. The summed E-state index contributed by atoms with van der Waals surface area (Å²) in [4.78, 5) is 4.36. The van der Waals surface area contributed by atoms with Gasteiger partial charge in [0.15, 0.2) is 0 Å². The summed E-state index contributed by atoms with van der Waals surface area (Å²) in [5, 5.41) is 0. The number of hydrogen-bond acceptors (Lipinski definition) is 3. The zero-order valence-corrected chi connectivity index (χ0v) is 10.2. The first kappa shape index (κ1) is 18.7. The van der Waals surface area contributed by atoms with Crippen molar-refractivity contribution in [1.82, 2.24) is 9.80 Å². The minimum atomic E-state index is 0. The van der Waals surface area contributed by atoms with E-state index < -0.39 is 0 Å². The van der Waals surface area contributed by atoms with Crippen LogP contribution in [0.5, 0.6) is 0 Å². The van der Waals surface area contributed by atoms with Gasteiger partial charge in [-0.15, -0.1) is 0 Å². The Kier molecular flexibility index (Phi) is 22.6. The van der Waals surface area contributed by atoms with Crippen LogP contribution in [0, 0.1) is 0 Å². The normalized spacial score (nSPS) is 9.00. The molecule has 0 N–H and O–H groups in total. The third kappa shape index (κ3) is 30.6. The number of rotatable bonds is 3. The molecule has 0 aliphatic rings. The van der Waals surface area contributed by atoms with Gasteiger partial charge in [-0.2, -0.15) is 3.84 Å². The Hall–Kier alpha value is 0.979. The van der Waals surface area contributed by atoms with Crippen molar-refractivity contribution >= 4 is 23.7 Å². The summed E-state index contributed by atoms with van der Waals surface area (Å²) in [6.07, 6.45) is 0. The Morgan fingerprint density at radius 3 is 1.17 bits per heavy atom. The van der Waals surface area contributed by atoms with Gasteiger partial charge in [0.1, 0.15) is 0 Å². The average molecular weight is 267 g/mol. The van der Waals surface area contributed by atoms with Crippen molar-refractivity contribution < 1.29 is 20.9 Å². The second-order valence-corrected chi connectivity index (χ2v) is 3.13. The first-order valence-corrected chi connectivity index (χ1v) is 3.85. The summed E-state index contributed by atoms with van der Waals surface area (Å²) in [6, 6.07) is 0. The van der Waals surface area contributed by atoms with Crippen molar-refractivity contribution in [3.05, 3.63) is 0 Å². The molecule has 6 heteroatoms. The quantitative estimate of drug-likeness (QED) is 0.719. The second kappa shape index (κ2) is 14.5. The molecule has 0 unspecified atom stereocenters. The van der Waals surface area contributed by atoms with Crippen molar-refractivity contribution in [1.29, 1.82) is 0 Å². The first-order chi connectivity index (χ1) is 5.04. The van der Waals surface area contributed by atoms with Crippen LogP contribution in [0.1, 0.15) is 0 Å². The summed E-state index contributed by atoms with van der Waals surface area (Å²) >= 11 is 8.53. The third-order valence-corrected chi connectivity index (χ3v) is 0.994. The van der Waals surface area contributed by atoms with Gasteiger partial charge in [0.25, 0.3) is 0 Å². The molecule has 0 bridgehead atoms. The van der Waals surface area contributed by atoms with Gasteiger partial charge in [-0.3, -0.25) is 0 Å². The van der Waals surface area contributed by atoms with E-state index in [-0.39, 0.29) is 17.1 Å². The molecule has 0 aromatic carbocycles. The molecule has 0 aliphatic carbocycles. The Morgan fingerprint density at radius 2 is 1.08 bits per heavy atom. The van der Waals surface area contributed by atoms with Gasteiger partial charge in [0.2, 0.25) is 0 Å². The van der Waals surface area contributed by atoms with Gasteiger partial charge in [0.05, 0.1) is 23.7 Å². The molecule has 0 spiro atoms. The van der Waals surface area contributed by atoms with Crippen molar-refractivity contribution in [2.45, 2.75) is 0 Å². The van der Waals surface area contributed by atoms with E-state index in [0.29, 0.717) is 0 Å². The number of nitrogens with zero attached hydrogens (tertiary/aromatic N) is 2. The zero-order chi connectivity index (χ0) is 9.28. The van der Waals surface area contributed by atoms with Crippen molar-refractivity contribution in [2.75, 3.05) is 41.3 Å². The first-order valence-electron chi connectivity index (χ1n) is 3.23. The molecule has 81 valence electrons. The molecular weight excluding hydrogens is 251 g/mol. The predicted octanol–water partition coefficient (Wildman–Crippen LogP) is 1.42. The maximum absolute atomic E-state index is 4.26. The molecule has 0 heterocycles. The van der Waals surface area contributed by atoms with E-state index in [4.69, 9.17) is 0 Å². The largest absolute Gasteiger partial charge is 0.308 e. The summed E-state index contributed by atoms with van der Waals surface area (Å²) in [5.41, 5.74) is 0. The standard InChI is InChI=1S/C6H16N2.Cl2O.Cu/c1-7(2)5-6-8(3)4;1-3-2;/h5-6H2,1-4H3;;. The Bertz CT molecular complexity index is 68.6. The Labute approximate surface area is 95.7 Å². The molecule has 1 radical (unpaired) electrons. The van der Waals surface area contributed by atoms with Crippen LogP contribution in [0.4, 0.5) is 0 Å². The smallest absolute Gasteiger partial charge is 0.0832 e. The maximum Gasteiger partial charge on any atom is 0.0832 e. The van der Waals surface area contributed by atoms with Gasteiger partial charge in [0, 0.05) is 30.2 Å². The Morgan fingerprint density at radius 1 is 0.917 bits per heavy atom. The van der Waals surface area contributed by atoms with E-state index in [1.807, 2.05) is 0 Å². The molecule has 0 rings (SSSR count). The van der Waals surface area contributed by atoms with Gasteiger partial charge in [-0.1, -0.05) is 0 Å². The summed E-state index contributed by atoms with van der Waals surface area (Å²) < 4.78 is 3.19. The van der Waals surface area contributed by atoms with Crippen LogP contribution < -0.4 is 0 Å². The topological polar surface area (TPSA) is 15.7 Å². The van der Waals surface area contributed by atoms with E-state index >= 15 is 0 Å². The number of halogens is 2. The van der Waals surface area contributed by atoms with Crippen LogP contribution in [0.25, 0.3) is 0 Å². The minimum Gasteiger partial charge on any atom is -0.308 e. The molecular formula is C6H16Cl2CuN2O. The van der Waals surface area contributed by atoms with Gasteiger partial charge in [-0.25, -0.2) is 0 Å². The zero-order valence-electron chi connectivity index (χ0n) is 7.77. The minimum absolute atomic E-state index is 0. The second-order valence-electron chi connectivity index (χ2n) is 2.66. The van der Waals surface area contributed by atoms with Crippen LogP contribution in [0.15, 0.2) is 0 Å². The SMILES string of the molecule is CN(C)CCN(C)C.ClOCl.[Cu]. The monoisotopic (exact) mass is 265 g/mol. The maximum atomic E-state index is 4.26. The summed E-state index contributed by atoms with van der Waals surface area (Å²) in [5.74, 6) is 0. The molecule has 0 saturated heterocycles.